The number of benzene rings is 1. The summed E-state index contributed by atoms with van der Waals surface area (Å²) in [4.78, 5) is 0. The Hall–Kier alpha value is -0.580. The van der Waals surface area contributed by atoms with E-state index in [1.165, 1.54) is 0 Å². The van der Waals surface area contributed by atoms with Gasteiger partial charge in [-0.15, -0.1) is 0 Å². The topological polar surface area (TPSA) is 46.2 Å². The van der Waals surface area contributed by atoms with Crippen LogP contribution in [0.15, 0.2) is 24.3 Å². The molecular weight excluding hydrogens is 282 g/mol. The van der Waals surface area contributed by atoms with Gasteiger partial charge in [0.2, 0.25) is 0 Å². The van der Waals surface area contributed by atoms with Gasteiger partial charge in [0.15, 0.2) is 9.84 Å². The second kappa shape index (κ2) is 6.25. The fraction of sp³-hybridized carbons (Fsp3) is 0.571. The van der Waals surface area contributed by atoms with Crippen LogP contribution in [-0.4, -0.2) is 25.5 Å². The van der Waals surface area contributed by atoms with E-state index in [9.17, 15) is 8.42 Å². The van der Waals surface area contributed by atoms with E-state index in [0.29, 0.717) is 11.6 Å². The van der Waals surface area contributed by atoms with Crippen LogP contribution in [0.4, 0.5) is 0 Å². The van der Waals surface area contributed by atoms with Crippen molar-refractivity contribution in [1.82, 2.24) is 5.32 Å². The molecule has 0 aliphatic heterocycles. The van der Waals surface area contributed by atoms with E-state index >= 15 is 0 Å². The zero-order valence-corrected chi connectivity index (χ0v) is 13.5. The van der Waals surface area contributed by atoms with E-state index in [1.807, 2.05) is 31.2 Å². The van der Waals surface area contributed by atoms with Crippen LogP contribution in [0.5, 0.6) is 0 Å². The predicted molar refractivity (Wildman–Crippen MR) is 81.4 cm³/mol. The van der Waals surface area contributed by atoms with E-state index in [-0.39, 0.29) is 11.8 Å². The van der Waals surface area contributed by atoms with Crippen molar-refractivity contribution in [3.63, 3.8) is 0 Å². The molecule has 3 nitrogen and oxygen atoms in total. The van der Waals surface area contributed by atoms with Crippen LogP contribution >= 0.6 is 11.6 Å². The largest absolute Gasteiger partial charge is 0.309 e. The summed E-state index contributed by atoms with van der Waals surface area (Å²) in [6.07, 6.45) is 0. The van der Waals surface area contributed by atoms with E-state index in [4.69, 9.17) is 11.6 Å². The Balaban J connectivity index is 2.55. The average Bonchev–Trinajstić information content (AvgIpc) is 2.27. The van der Waals surface area contributed by atoms with Crippen LogP contribution in [0, 0.1) is 0 Å². The fourth-order valence-corrected chi connectivity index (χ4v) is 2.81. The molecule has 1 atom stereocenters. The van der Waals surface area contributed by atoms with Gasteiger partial charge in [-0.25, -0.2) is 8.42 Å². The van der Waals surface area contributed by atoms with Gasteiger partial charge in [0.05, 0.1) is 10.5 Å². The highest BCUT2D eigenvalue weighted by Crippen LogP contribution is 2.18. The van der Waals surface area contributed by atoms with E-state index in [2.05, 4.69) is 5.32 Å². The Bertz CT molecular complexity index is 520. The molecule has 0 aliphatic rings. The van der Waals surface area contributed by atoms with Crippen molar-refractivity contribution in [1.29, 1.82) is 0 Å². The molecule has 1 rings (SSSR count). The van der Waals surface area contributed by atoms with Crippen molar-refractivity contribution in [3.8, 4) is 0 Å². The highest BCUT2D eigenvalue weighted by atomic mass is 35.5. The van der Waals surface area contributed by atoms with E-state index < -0.39 is 14.6 Å². The summed E-state index contributed by atoms with van der Waals surface area (Å²) in [7, 11) is -3.07. The molecule has 1 unspecified atom stereocenters. The van der Waals surface area contributed by atoms with Gasteiger partial charge in [-0.2, -0.15) is 0 Å². The minimum Gasteiger partial charge on any atom is -0.309 e. The van der Waals surface area contributed by atoms with Crippen LogP contribution < -0.4 is 5.32 Å². The molecule has 0 heterocycles. The Morgan fingerprint density at radius 2 is 1.95 bits per heavy atom. The Morgan fingerprint density at radius 3 is 2.47 bits per heavy atom. The fourth-order valence-electron chi connectivity index (χ4n) is 1.61. The van der Waals surface area contributed by atoms with E-state index in [0.717, 1.165) is 5.56 Å². The first-order valence-corrected chi connectivity index (χ1v) is 8.37. The summed E-state index contributed by atoms with van der Waals surface area (Å²) in [5.41, 5.74) is 1.06. The predicted octanol–water partition coefficient (Wildman–Crippen LogP) is 3.20. The van der Waals surface area contributed by atoms with Crippen molar-refractivity contribution < 1.29 is 8.42 Å². The standard InChI is InChI=1S/C14H22ClNO2S/c1-11(12-6-5-7-13(15)10-12)16-8-9-19(17,18)14(2,3)4/h5-7,10-11,16H,8-9H2,1-4H3. The van der Waals surface area contributed by atoms with Crippen LogP contribution in [0.25, 0.3) is 0 Å². The Labute approximate surface area is 121 Å². The van der Waals surface area contributed by atoms with Crippen LogP contribution in [0.3, 0.4) is 0 Å². The van der Waals surface area contributed by atoms with Crippen molar-refractivity contribution in [2.75, 3.05) is 12.3 Å². The Morgan fingerprint density at radius 1 is 1.32 bits per heavy atom. The lowest BCUT2D eigenvalue weighted by Gasteiger charge is -2.20. The molecule has 0 aromatic heterocycles. The van der Waals surface area contributed by atoms with Gasteiger partial charge in [-0.05, 0) is 45.4 Å². The second-order valence-electron chi connectivity index (χ2n) is 5.66. The smallest absolute Gasteiger partial charge is 0.156 e. The van der Waals surface area contributed by atoms with Gasteiger partial charge in [-0.3, -0.25) is 0 Å². The third-order valence-electron chi connectivity index (χ3n) is 3.10. The number of hydrogen-bond acceptors (Lipinski definition) is 3. The molecule has 0 spiro atoms. The first kappa shape index (κ1) is 16.5. The van der Waals surface area contributed by atoms with Crippen molar-refractivity contribution in [2.24, 2.45) is 0 Å². The van der Waals surface area contributed by atoms with Crippen molar-refractivity contribution in [2.45, 2.75) is 38.5 Å². The number of sulfone groups is 1. The quantitative estimate of drug-likeness (QED) is 0.908. The number of halogens is 1. The highest BCUT2D eigenvalue weighted by molar-refractivity contribution is 7.92. The molecule has 0 radical (unpaired) electrons. The molecule has 0 fully saturated rings. The summed E-state index contributed by atoms with van der Waals surface area (Å²) in [5, 5.41) is 3.90. The molecule has 0 amide bonds. The lowest BCUT2D eigenvalue weighted by atomic mass is 10.1. The summed E-state index contributed by atoms with van der Waals surface area (Å²) < 4.78 is 23.2. The summed E-state index contributed by atoms with van der Waals surface area (Å²) in [6.45, 7) is 7.61. The van der Waals surface area contributed by atoms with Gasteiger partial charge >= 0.3 is 0 Å². The normalized spacial score (nSPS) is 14.4. The lowest BCUT2D eigenvalue weighted by molar-refractivity contribution is 0.546. The molecule has 1 N–H and O–H groups in total. The third-order valence-corrected chi connectivity index (χ3v) is 5.95. The maximum atomic E-state index is 12.0. The van der Waals surface area contributed by atoms with Gasteiger partial charge in [-0.1, -0.05) is 23.7 Å². The lowest BCUT2D eigenvalue weighted by Crippen LogP contribution is -2.35. The molecule has 1 aromatic carbocycles. The summed E-state index contributed by atoms with van der Waals surface area (Å²) in [6, 6.07) is 7.65. The third kappa shape index (κ3) is 4.79. The molecule has 108 valence electrons. The molecule has 0 aliphatic carbocycles. The number of rotatable bonds is 5. The Kier molecular flexibility index (Phi) is 5.42. The van der Waals surface area contributed by atoms with Crippen LogP contribution in [0.1, 0.15) is 39.3 Å². The van der Waals surface area contributed by atoms with Crippen LogP contribution in [0.2, 0.25) is 5.02 Å². The van der Waals surface area contributed by atoms with Crippen molar-refractivity contribution in [3.05, 3.63) is 34.9 Å². The van der Waals surface area contributed by atoms with Gasteiger partial charge in [0, 0.05) is 17.6 Å². The maximum absolute atomic E-state index is 12.0. The second-order valence-corrected chi connectivity index (χ2v) is 8.96. The zero-order chi connectivity index (χ0) is 14.7. The highest BCUT2D eigenvalue weighted by Gasteiger charge is 2.28. The zero-order valence-electron chi connectivity index (χ0n) is 11.9. The SMILES string of the molecule is CC(NCCS(=O)(=O)C(C)(C)C)c1cccc(Cl)c1. The van der Waals surface area contributed by atoms with Crippen molar-refractivity contribution >= 4 is 21.4 Å². The number of nitrogens with one attached hydrogen (secondary N) is 1. The van der Waals surface area contributed by atoms with Crippen LogP contribution in [-0.2, 0) is 9.84 Å². The first-order valence-electron chi connectivity index (χ1n) is 6.34. The molecule has 19 heavy (non-hydrogen) atoms. The average molecular weight is 304 g/mol. The maximum Gasteiger partial charge on any atom is 0.156 e. The number of hydrogen-bond donors (Lipinski definition) is 1. The van der Waals surface area contributed by atoms with Gasteiger partial charge < -0.3 is 5.32 Å². The molecule has 5 heteroatoms. The monoisotopic (exact) mass is 303 g/mol. The molecule has 0 saturated heterocycles. The summed E-state index contributed by atoms with van der Waals surface area (Å²) in [5.74, 6) is 0.140. The molecule has 0 saturated carbocycles. The van der Waals surface area contributed by atoms with E-state index in [1.54, 1.807) is 20.8 Å². The minimum absolute atomic E-state index is 0.0777. The first-order chi connectivity index (χ1) is 8.63. The van der Waals surface area contributed by atoms with Gasteiger partial charge in [0.1, 0.15) is 0 Å². The summed E-state index contributed by atoms with van der Waals surface area (Å²) >= 11 is 5.93. The molecule has 1 aromatic rings. The van der Waals surface area contributed by atoms with Gasteiger partial charge in [0.25, 0.3) is 0 Å². The molecule has 0 bridgehead atoms. The minimum atomic E-state index is -3.07. The molecular formula is C14H22ClNO2S.